The first kappa shape index (κ1) is 14.4. The number of rotatable bonds is 5. The van der Waals surface area contributed by atoms with Crippen LogP contribution in [0.15, 0.2) is 24.3 Å². The number of aryl methyl sites for hydroxylation is 1. The highest BCUT2D eigenvalue weighted by molar-refractivity contribution is 5.54. The number of benzene rings is 1. The van der Waals surface area contributed by atoms with Crippen molar-refractivity contribution in [2.45, 2.75) is 46.1 Å². The molecule has 1 aliphatic heterocycles. The van der Waals surface area contributed by atoms with E-state index in [4.69, 9.17) is 0 Å². The molecule has 0 amide bonds. The fourth-order valence-electron chi connectivity index (χ4n) is 2.96. The van der Waals surface area contributed by atoms with Crippen molar-refractivity contribution in [1.29, 1.82) is 0 Å². The van der Waals surface area contributed by atoms with E-state index in [0.717, 1.165) is 25.6 Å². The third-order valence-corrected chi connectivity index (χ3v) is 4.39. The molecule has 2 atom stereocenters. The van der Waals surface area contributed by atoms with E-state index in [1.807, 2.05) is 0 Å². The maximum Gasteiger partial charge on any atom is 0.0399 e. The van der Waals surface area contributed by atoms with Crippen LogP contribution >= 0.6 is 0 Å². The quantitative estimate of drug-likeness (QED) is 0.872. The molecule has 2 nitrogen and oxygen atoms in total. The van der Waals surface area contributed by atoms with E-state index in [1.54, 1.807) is 0 Å². The summed E-state index contributed by atoms with van der Waals surface area (Å²) in [5, 5.41) is 3.68. The number of para-hydroxylation sites is 1. The lowest BCUT2D eigenvalue weighted by atomic mass is 9.96. The van der Waals surface area contributed by atoms with Crippen LogP contribution in [-0.2, 0) is 6.42 Å². The fourth-order valence-corrected chi connectivity index (χ4v) is 2.96. The van der Waals surface area contributed by atoms with Crippen molar-refractivity contribution in [3.63, 3.8) is 0 Å². The van der Waals surface area contributed by atoms with Crippen molar-refractivity contribution < 1.29 is 0 Å². The van der Waals surface area contributed by atoms with Crippen molar-refractivity contribution >= 4 is 5.69 Å². The minimum atomic E-state index is 0.633. The molecular weight excluding hydrogens is 232 g/mol. The van der Waals surface area contributed by atoms with Crippen LogP contribution in [0.25, 0.3) is 0 Å². The Morgan fingerprint density at radius 1 is 1.32 bits per heavy atom. The van der Waals surface area contributed by atoms with Crippen LogP contribution in [0.5, 0.6) is 0 Å². The second-order valence-corrected chi connectivity index (χ2v) is 5.77. The Morgan fingerprint density at radius 2 is 2.11 bits per heavy atom. The van der Waals surface area contributed by atoms with Crippen LogP contribution in [0.4, 0.5) is 5.69 Å². The first-order chi connectivity index (χ1) is 9.26. The van der Waals surface area contributed by atoms with Crippen molar-refractivity contribution in [3.05, 3.63) is 29.8 Å². The summed E-state index contributed by atoms with van der Waals surface area (Å²) in [4.78, 5) is 2.58. The minimum absolute atomic E-state index is 0.633. The molecule has 1 aliphatic rings. The van der Waals surface area contributed by atoms with E-state index in [0.29, 0.717) is 6.04 Å². The summed E-state index contributed by atoms with van der Waals surface area (Å²) < 4.78 is 0. The van der Waals surface area contributed by atoms with E-state index in [1.165, 1.54) is 30.5 Å². The van der Waals surface area contributed by atoms with Gasteiger partial charge in [0.15, 0.2) is 0 Å². The average Bonchev–Trinajstić information content (AvgIpc) is 2.47. The molecule has 0 bridgehead atoms. The van der Waals surface area contributed by atoms with Gasteiger partial charge in [-0.2, -0.15) is 0 Å². The fraction of sp³-hybridized carbons (Fsp3) is 0.647. The number of hydrogen-bond acceptors (Lipinski definition) is 2. The summed E-state index contributed by atoms with van der Waals surface area (Å²) in [6.07, 6.45) is 3.66. The van der Waals surface area contributed by atoms with E-state index in [9.17, 15) is 0 Å². The van der Waals surface area contributed by atoms with Crippen LogP contribution in [0.2, 0.25) is 0 Å². The Labute approximate surface area is 118 Å². The zero-order chi connectivity index (χ0) is 13.7. The van der Waals surface area contributed by atoms with E-state index in [-0.39, 0.29) is 0 Å². The minimum Gasteiger partial charge on any atom is -0.368 e. The monoisotopic (exact) mass is 260 g/mol. The standard InChI is InChI=1S/C17H28N2/c1-4-8-15-9-6-7-10-17(15)19-12-11-18-16(13-19)14(3)5-2/h6-7,9-10,14,16,18H,4-5,8,11-13H2,1-3H3. The van der Waals surface area contributed by atoms with Gasteiger partial charge in [-0.3, -0.25) is 0 Å². The molecule has 1 fully saturated rings. The Morgan fingerprint density at radius 3 is 2.84 bits per heavy atom. The Balaban J connectivity index is 2.12. The molecule has 1 aromatic carbocycles. The average molecular weight is 260 g/mol. The van der Waals surface area contributed by atoms with Gasteiger partial charge in [0.1, 0.15) is 0 Å². The number of anilines is 1. The number of nitrogens with zero attached hydrogens (tertiary/aromatic N) is 1. The van der Waals surface area contributed by atoms with Gasteiger partial charge in [0, 0.05) is 31.4 Å². The number of hydrogen-bond donors (Lipinski definition) is 1. The number of nitrogens with one attached hydrogen (secondary N) is 1. The maximum atomic E-state index is 3.68. The zero-order valence-corrected chi connectivity index (χ0v) is 12.7. The summed E-state index contributed by atoms with van der Waals surface area (Å²) in [6.45, 7) is 10.3. The lowest BCUT2D eigenvalue weighted by Crippen LogP contribution is -2.53. The molecule has 19 heavy (non-hydrogen) atoms. The Bertz CT molecular complexity index is 389. The highest BCUT2D eigenvalue weighted by Gasteiger charge is 2.24. The molecule has 0 aromatic heterocycles. The highest BCUT2D eigenvalue weighted by Crippen LogP contribution is 2.24. The van der Waals surface area contributed by atoms with Gasteiger partial charge in [0.2, 0.25) is 0 Å². The predicted molar refractivity (Wildman–Crippen MR) is 83.9 cm³/mol. The van der Waals surface area contributed by atoms with Gasteiger partial charge in [-0.05, 0) is 24.0 Å². The summed E-state index contributed by atoms with van der Waals surface area (Å²) in [5.74, 6) is 0.751. The molecule has 0 aliphatic carbocycles. The normalized spacial score (nSPS) is 21.4. The van der Waals surface area contributed by atoms with Crippen LogP contribution in [0, 0.1) is 5.92 Å². The van der Waals surface area contributed by atoms with E-state index >= 15 is 0 Å². The van der Waals surface area contributed by atoms with Gasteiger partial charge in [0.25, 0.3) is 0 Å². The lowest BCUT2D eigenvalue weighted by Gasteiger charge is -2.38. The van der Waals surface area contributed by atoms with Gasteiger partial charge in [-0.25, -0.2) is 0 Å². The molecule has 1 N–H and O–H groups in total. The molecule has 0 radical (unpaired) electrons. The highest BCUT2D eigenvalue weighted by atomic mass is 15.2. The SMILES string of the molecule is CCCc1ccccc1N1CCNC(C(C)CC)C1. The van der Waals surface area contributed by atoms with Crippen LogP contribution in [-0.4, -0.2) is 25.7 Å². The summed E-state index contributed by atoms with van der Waals surface area (Å²) in [5.41, 5.74) is 2.97. The maximum absolute atomic E-state index is 3.68. The molecule has 2 unspecified atom stereocenters. The largest absolute Gasteiger partial charge is 0.368 e. The van der Waals surface area contributed by atoms with Crippen LogP contribution in [0.3, 0.4) is 0 Å². The zero-order valence-electron chi connectivity index (χ0n) is 12.7. The Kier molecular flexibility index (Phi) is 5.26. The summed E-state index contributed by atoms with van der Waals surface area (Å²) >= 11 is 0. The second kappa shape index (κ2) is 6.95. The molecule has 1 saturated heterocycles. The molecular formula is C17H28N2. The van der Waals surface area contributed by atoms with Gasteiger partial charge < -0.3 is 10.2 Å². The molecule has 2 heteroatoms. The molecule has 0 spiro atoms. The predicted octanol–water partition coefficient (Wildman–Crippen LogP) is 3.46. The topological polar surface area (TPSA) is 15.3 Å². The van der Waals surface area contributed by atoms with Crippen LogP contribution in [0.1, 0.15) is 39.2 Å². The first-order valence-electron chi connectivity index (χ1n) is 7.82. The van der Waals surface area contributed by atoms with Crippen molar-refractivity contribution in [2.24, 2.45) is 5.92 Å². The van der Waals surface area contributed by atoms with Crippen molar-refractivity contribution in [3.8, 4) is 0 Å². The second-order valence-electron chi connectivity index (χ2n) is 5.77. The van der Waals surface area contributed by atoms with Crippen LogP contribution < -0.4 is 10.2 Å². The van der Waals surface area contributed by atoms with Gasteiger partial charge >= 0.3 is 0 Å². The molecule has 2 rings (SSSR count). The van der Waals surface area contributed by atoms with E-state index < -0.39 is 0 Å². The van der Waals surface area contributed by atoms with Gasteiger partial charge in [0.05, 0.1) is 0 Å². The Hall–Kier alpha value is -1.02. The van der Waals surface area contributed by atoms with Crippen molar-refractivity contribution in [1.82, 2.24) is 5.32 Å². The van der Waals surface area contributed by atoms with Crippen molar-refractivity contribution in [2.75, 3.05) is 24.5 Å². The molecule has 1 aromatic rings. The van der Waals surface area contributed by atoms with Gasteiger partial charge in [-0.15, -0.1) is 0 Å². The third-order valence-electron chi connectivity index (χ3n) is 4.39. The smallest absolute Gasteiger partial charge is 0.0399 e. The summed E-state index contributed by atoms with van der Waals surface area (Å²) in [6, 6.07) is 9.56. The number of piperazine rings is 1. The molecule has 1 heterocycles. The van der Waals surface area contributed by atoms with E-state index in [2.05, 4.69) is 55.3 Å². The molecule has 0 saturated carbocycles. The lowest BCUT2D eigenvalue weighted by molar-refractivity contribution is 0.341. The first-order valence-corrected chi connectivity index (χ1v) is 7.82. The molecule has 106 valence electrons. The summed E-state index contributed by atoms with van der Waals surface area (Å²) in [7, 11) is 0. The van der Waals surface area contributed by atoms with Gasteiger partial charge in [-0.1, -0.05) is 51.8 Å². The third kappa shape index (κ3) is 3.50.